The number of hydrogen-bond acceptors (Lipinski definition) is 5. The van der Waals surface area contributed by atoms with Gasteiger partial charge in [-0.15, -0.1) is 0 Å². The Morgan fingerprint density at radius 3 is 2.26 bits per heavy atom. The van der Waals surface area contributed by atoms with Crippen LogP contribution in [0.2, 0.25) is 0 Å². The number of carbonyl (C=O) groups excluding carboxylic acids is 1. The first-order chi connectivity index (χ1) is 13.1. The predicted octanol–water partition coefficient (Wildman–Crippen LogP) is 3.23. The predicted molar refractivity (Wildman–Crippen MR) is 106 cm³/mol. The molecule has 0 aromatic heterocycles. The van der Waals surface area contributed by atoms with Gasteiger partial charge in [-0.2, -0.15) is 0 Å². The lowest BCUT2D eigenvalue weighted by atomic mass is 10.2. The summed E-state index contributed by atoms with van der Waals surface area (Å²) in [5.41, 5.74) is 1.89. The lowest BCUT2D eigenvalue weighted by Crippen LogP contribution is -2.29. The Hall–Kier alpha value is -2.73. The summed E-state index contributed by atoms with van der Waals surface area (Å²) in [5, 5.41) is 5.99. The molecule has 0 aliphatic heterocycles. The van der Waals surface area contributed by atoms with Crippen LogP contribution >= 0.6 is 0 Å². The van der Waals surface area contributed by atoms with Crippen LogP contribution in [0.3, 0.4) is 0 Å². The smallest absolute Gasteiger partial charge is 0.239 e. The van der Waals surface area contributed by atoms with Crippen molar-refractivity contribution in [3.63, 3.8) is 0 Å². The van der Waals surface area contributed by atoms with E-state index in [1.54, 1.807) is 7.11 Å². The van der Waals surface area contributed by atoms with Gasteiger partial charge in [0.05, 0.1) is 19.3 Å². The lowest BCUT2D eigenvalue weighted by molar-refractivity contribution is -0.119. The molecule has 0 heterocycles. The summed E-state index contributed by atoms with van der Waals surface area (Å²) < 4.78 is 16.0. The normalized spacial score (nSPS) is 10.5. The maximum Gasteiger partial charge on any atom is 0.239 e. The molecule has 2 aromatic rings. The number of benzene rings is 2. The molecular weight excluding hydrogens is 344 g/mol. The quantitative estimate of drug-likeness (QED) is 0.593. The standard InChI is InChI=1S/C21H28N2O4/c1-16(2)27-20-8-4-17(5-9-20)14-23-21(24)15-22-18-6-10-19(11-7-18)26-13-12-25-3/h4-11,16,22H,12-15H2,1-3H3,(H,23,24). The average molecular weight is 372 g/mol. The minimum Gasteiger partial charge on any atom is -0.491 e. The Morgan fingerprint density at radius 1 is 0.963 bits per heavy atom. The fourth-order valence-electron chi connectivity index (χ4n) is 2.32. The summed E-state index contributed by atoms with van der Waals surface area (Å²) in [4.78, 5) is 12.0. The molecule has 0 aliphatic rings. The number of carbonyl (C=O) groups is 1. The van der Waals surface area contributed by atoms with Crippen molar-refractivity contribution in [1.82, 2.24) is 5.32 Å². The minimum absolute atomic E-state index is 0.0714. The Balaban J connectivity index is 1.69. The molecule has 6 nitrogen and oxygen atoms in total. The number of hydrogen-bond donors (Lipinski definition) is 2. The molecule has 146 valence electrons. The minimum atomic E-state index is -0.0714. The highest BCUT2D eigenvalue weighted by Gasteiger charge is 2.03. The number of rotatable bonds is 11. The zero-order valence-electron chi connectivity index (χ0n) is 16.2. The van der Waals surface area contributed by atoms with E-state index in [4.69, 9.17) is 14.2 Å². The Morgan fingerprint density at radius 2 is 1.63 bits per heavy atom. The third-order valence-corrected chi connectivity index (χ3v) is 3.65. The van der Waals surface area contributed by atoms with Crippen molar-refractivity contribution in [3.05, 3.63) is 54.1 Å². The maximum absolute atomic E-state index is 12.0. The van der Waals surface area contributed by atoms with E-state index in [2.05, 4.69) is 10.6 Å². The first kappa shape index (κ1) is 20.6. The molecule has 0 atom stereocenters. The fraction of sp³-hybridized carbons (Fsp3) is 0.381. The van der Waals surface area contributed by atoms with Gasteiger partial charge in [0.15, 0.2) is 0 Å². The second-order valence-electron chi connectivity index (χ2n) is 6.31. The maximum atomic E-state index is 12.0. The Labute approximate surface area is 160 Å². The first-order valence-corrected chi connectivity index (χ1v) is 9.05. The third-order valence-electron chi connectivity index (χ3n) is 3.65. The first-order valence-electron chi connectivity index (χ1n) is 9.05. The van der Waals surface area contributed by atoms with E-state index in [9.17, 15) is 4.79 Å². The van der Waals surface area contributed by atoms with Gasteiger partial charge in [-0.1, -0.05) is 12.1 Å². The van der Waals surface area contributed by atoms with Crippen LogP contribution in [-0.2, 0) is 16.1 Å². The molecular formula is C21H28N2O4. The summed E-state index contributed by atoms with van der Waals surface area (Å²) in [6.45, 7) is 5.73. The van der Waals surface area contributed by atoms with Crippen molar-refractivity contribution in [2.45, 2.75) is 26.5 Å². The number of amides is 1. The molecule has 0 saturated carbocycles. The summed E-state index contributed by atoms with van der Waals surface area (Å²) in [5.74, 6) is 1.53. The van der Waals surface area contributed by atoms with Crippen LogP contribution in [0.25, 0.3) is 0 Å². The van der Waals surface area contributed by atoms with Gasteiger partial charge in [0.1, 0.15) is 18.1 Å². The zero-order chi connectivity index (χ0) is 19.5. The number of ether oxygens (including phenoxy) is 3. The van der Waals surface area contributed by atoms with Crippen LogP contribution in [0, 0.1) is 0 Å². The van der Waals surface area contributed by atoms with E-state index >= 15 is 0 Å². The lowest BCUT2D eigenvalue weighted by Gasteiger charge is -2.11. The molecule has 2 rings (SSSR count). The van der Waals surface area contributed by atoms with Crippen LogP contribution in [0.5, 0.6) is 11.5 Å². The van der Waals surface area contributed by atoms with Crippen molar-refractivity contribution in [2.24, 2.45) is 0 Å². The number of nitrogens with one attached hydrogen (secondary N) is 2. The highest BCUT2D eigenvalue weighted by atomic mass is 16.5. The second kappa shape index (κ2) is 11.1. The molecule has 0 spiro atoms. The van der Waals surface area contributed by atoms with Gasteiger partial charge in [0, 0.05) is 19.3 Å². The van der Waals surface area contributed by atoms with Crippen molar-refractivity contribution in [3.8, 4) is 11.5 Å². The molecule has 0 unspecified atom stereocenters. The van der Waals surface area contributed by atoms with Gasteiger partial charge in [-0.25, -0.2) is 0 Å². The number of methoxy groups -OCH3 is 1. The molecule has 1 amide bonds. The highest BCUT2D eigenvalue weighted by Crippen LogP contribution is 2.15. The van der Waals surface area contributed by atoms with E-state index < -0.39 is 0 Å². The highest BCUT2D eigenvalue weighted by molar-refractivity contribution is 5.80. The molecule has 0 fully saturated rings. The van der Waals surface area contributed by atoms with Gasteiger partial charge in [0.25, 0.3) is 0 Å². The molecule has 2 N–H and O–H groups in total. The fourth-order valence-corrected chi connectivity index (χ4v) is 2.32. The van der Waals surface area contributed by atoms with Crippen molar-refractivity contribution < 1.29 is 19.0 Å². The van der Waals surface area contributed by atoms with E-state index in [0.29, 0.717) is 19.8 Å². The largest absolute Gasteiger partial charge is 0.491 e. The van der Waals surface area contributed by atoms with Crippen LogP contribution in [0.15, 0.2) is 48.5 Å². The van der Waals surface area contributed by atoms with Gasteiger partial charge in [-0.3, -0.25) is 4.79 Å². The summed E-state index contributed by atoms with van der Waals surface area (Å²) in [6.07, 6.45) is 0.146. The summed E-state index contributed by atoms with van der Waals surface area (Å²) in [6, 6.07) is 15.2. The van der Waals surface area contributed by atoms with Crippen molar-refractivity contribution in [2.75, 3.05) is 32.2 Å². The zero-order valence-corrected chi connectivity index (χ0v) is 16.2. The van der Waals surface area contributed by atoms with Crippen LogP contribution < -0.4 is 20.1 Å². The number of anilines is 1. The molecule has 2 aromatic carbocycles. The van der Waals surface area contributed by atoms with Gasteiger partial charge >= 0.3 is 0 Å². The van der Waals surface area contributed by atoms with Gasteiger partial charge in [-0.05, 0) is 55.8 Å². The van der Waals surface area contributed by atoms with Gasteiger partial charge in [0.2, 0.25) is 5.91 Å². The molecule has 0 bridgehead atoms. The van der Waals surface area contributed by atoms with Crippen molar-refractivity contribution in [1.29, 1.82) is 0 Å². The second-order valence-corrected chi connectivity index (χ2v) is 6.31. The van der Waals surface area contributed by atoms with Crippen LogP contribution in [-0.4, -0.2) is 38.9 Å². The van der Waals surface area contributed by atoms with Crippen molar-refractivity contribution >= 4 is 11.6 Å². The molecule has 6 heteroatoms. The third kappa shape index (κ3) is 8.00. The van der Waals surface area contributed by atoms with E-state index in [0.717, 1.165) is 22.7 Å². The molecule has 0 saturated heterocycles. The molecule has 27 heavy (non-hydrogen) atoms. The summed E-state index contributed by atoms with van der Waals surface area (Å²) in [7, 11) is 1.64. The van der Waals surface area contributed by atoms with Gasteiger partial charge < -0.3 is 24.8 Å². The van der Waals surface area contributed by atoms with E-state index in [1.165, 1.54) is 0 Å². The topological polar surface area (TPSA) is 68.8 Å². The van der Waals surface area contributed by atoms with E-state index in [1.807, 2.05) is 62.4 Å². The Bertz CT molecular complexity index is 684. The van der Waals surface area contributed by atoms with Crippen LogP contribution in [0.1, 0.15) is 19.4 Å². The SMILES string of the molecule is COCCOc1ccc(NCC(=O)NCc2ccc(OC(C)C)cc2)cc1. The van der Waals surface area contributed by atoms with Crippen LogP contribution in [0.4, 0.5) is 5.69 Å². The molecule has 0 radical (unpaired) electrons. The van der Waals surface area contributed by atoms with E-state index in [-0.39, 0.29) is 18.6 Å². The Kier molecular flexibility index (Phi) is 8.45. The molecule has 0 aliphatic carbocycles. The average Bonchev–Trinajstić information content (AvgIpc) is 2.66. The summed E-state index contributed by atoms with van der Waals surface area (Å²) >= 11 is 0. The monoisotopic (exact) mass is 372 g/mol.